The van der Waals surface area contributed by atoms with Crippen molar-refractivity contribution in [2.75, 3.05) is 37.5 Å². The van der Waals surface area contributed by atoms with E-state index in [-0.39, 0.29) is 30.5 Å². The number of methoxy groups -OCH3 is 1. The summed E-state index contributed by atoms with van der Waals surface area (Å²) in [5.74, 6) is -0.369. The van der Waals surface area contributed by atoms with Crippen molar-refractivity contribution in [1.82, 2.24) is 24.3 Å². The Hall–Kier alpha value is -3.67. The topological polar surface area (TPSA) is 150 Å². The van der Waals surface area contributed by atoms with E-state index in [1.165, 1.54) is 16.6 Å². The second kappa shape index (κ2) is 9.86. The Morgan fingerprint density at radius 1 is 1.30 bits per heavy atom. The number of nitrogens with zero attached hydrogens (tertiary/aromatic N) is 5. The fourth-order valence-electron chi connectivity index (χ4n) is 3.69. The van der Waals surface area contributed by atoms with Gasteiger partial charge in [0, 0.05) is 32.9 Å². The Morgan fingerprint density at radius 2 is 2.03 bits per heavy atom. The number of rotatable bonds is 9. The van der Waals surface area contributed by atoms with Crippen LogP contribution in [-0.2, 0) is 23.1 Å². The van der Waals surface area contributed by atoms with E-state index in [1.807, 2.05) is 26.8 Å². The Labute approximate surface area is 189 Å². The van der Waals surface area contributed by atoms with Gasteiger partial charge in [-0.3, -0.25) is 24.0 Å². The Kier molecular flexibility index (Phi) is 7.16. The molecule has 12 heteroatoms. The van der Waals surface area contributed by atoms with E-state index in [2.05, 4.69) is 15.1 Å². The number of nitrogens with one attached hydrogen (secondary N) is 1. The highest BCUT2D eigenvalue weighted by molar-refractivity contribution is 5.97. The molecule has 3 aromatic rings. The first kappa shape index (κ1) is 24.0. The van der Waals surface area contributed by atoms with Gasteiger partial charge in [-0.25, -0.2) is 14.5 Å². The molecule has 12 nitrogen and oxygen atoms in total. The van der Waals surface area contributed by atoms with Crippen molar-refractivity contribution >= 4 is 28.4 Å². The molecule has 0 aliphatic rings. The minimum Gasteiger partial charge on any atom is -0.466 e. The lowest BCUT2D eigenvalue weighted by molar-refractivity contribution is -0.120. The van der Waals surface area contributed by atoms with Crippen molar-refractivity contribution in [3.8, 4) is 5.88 Å². The number of fused-ring (bicyclic) bond motifs is 1. The number of aryl methyl sites for hydroxylation is 3. The largest absolute Gasteiger partial charge is 0.466 e. The molecule has 0 spiro atoms. The van der Waals surface area contributed by atoms with Gasteiger partial charge in [0.2, 0.25) is 5.88 Å². The molecule has 1 amide bonds. The fraction of sp³-hybridized carbons (Fsp3) is 0.476. The van der Waals surface area contributed by atoms with Crippen LogP contribution in [0.1, 0.15) is 24.6 Å². The lowest BCUT2D eigenvalue weighted by atomic mass is 10.2. The highest BCUT2D eigenvalue weighted by atomic mass is 16.5. The summed E-state index contributed by atoms with van der Waals surface area (Å²) < 4.78 is 13.7. The van der Waals surface area contributed by atoms with Crippen LogP contribution in [0.4, 0.5) is 11.5 Å². The fourth-order valence-corrected chi connectivity index (χ4v) is 3.69. The third-order valence-corrected chi connectivity index (χ3v) is 5.17. The maximum absolute atomic E-state index is 13.2. The molecule has 33 heavy (non-hydrogen) atoms. The van der Waals surface area contributed by atoms with Crippen molar-refractivity contribution in [1.29, 1.82) is 0 Å². The number of nitrogens with two attached hydrogens (primary N) is 1. The summed E-state index contributed by atoms with van der Waals surface area (Å²) in [6.07, 6.45) is 0.615. The SMILES string of the molecule is CCCn1c(N)c(N(CCOC)C(=O)COc2nn(C)c3nc(C)cc(C)c23)c(=O)[nH]c1=O. The molecular formula is C21H29N7O5. The number of aromatic nitrogens is 5. The number of hydrogen-bond donors (Lipinski definition) is 2. The molecule has 0 atom stereocenters. The molecule has 0 saturated heterocycles. The van der Waals surface area contributed by atoms with Crippen LogP contribution in [-0.4, -0.2) is 57.1 Å². The molecule has 3 rings (SSSR count). The number of carbonyl (C=O) groups is 1. The summed E-state index contributed by atoms with van der Waals surface area (Å²) in [6, 6.07) is 1.90. The number of aromatic amines is 1. The number of anilines is 2. The van der Waals surface area contributed by atoms with Crippen LogP contribution in [0.15, 0.2) is 15.7 Å². The van der Waals surface area contributed by atoms with Crippen molar-refractivity contribution < 1.29 is 14.3 Å². The van der Waals surface area contributed by atoms with Crippen molar-refractivity contribution in [2.45, 2.75) is 33.7 Å². The van der Waals surface area contributed by atoms with E-state index in [0.29, 0.717) is 24.0 Å². The molecule has 3 heterocycles. The van der Waals surface area contributed by atoms with E-state index in [4.69, 9.17) is 15.2 Å². The van der Waals surface area contributed by atoms with Crippen molar-refractivity contribution in [3.63, 3.8) is 0 Å². The van der Waals surface area contributed by atoms with Crippen LogP contribution in [0.25, 0.3) is 11.0 Å². The molecule has 0 bridgehead atoms. The molecule has 0 radical (unpaired) electrons. The zero-order valence-corrected chi connectivity index (χ0v) is 19.5. The van der Waals surface area contributed by atoms with Crippen molar-refractivity contribution in [2.24, 2.45) is 7.05 Å². The Morgan fingerprint density at radius 3 is 2.70 bits per heavy atom. The van der Waals surface area contributed by atoms with Crippen LogP contribution >= 0.6 is 0 Å². The van der Waals surface area contributed by atoms with Gasteiger partial charge >= 0.3 is 5.69 Å². The maximum Gasteiger partial charge on any atom is 0.330 e. The molecular weight excluding hydrogens is 430 g/mol. The number of carbonyl (C=O) groups excluding carboxylic acids is 1. The quantitative estimate of drug-likeness (QED) is 0.469. The van der Waals surface area contributed by atoms with E-state index in [1.54, 1.807) is 11.7 Å². The van der Waals surface area contributed by atoms with Gasteiger partial charge in [0.05, 0.1) is 12.0 Å². The first-order valence-corrected chi connectivity index (χ1v) is 10.5. The summed E-state index contributed by atoms with van der Waals surface area (Å²) in [4.78, 5) is 45.8. The molecule has 0 unspecified atom stereocenters. The van der Waals surface area contributed by atoms with Gasteiger partial charge in [0.15, 0.2) is 17.9 Å². The van der Waals surface area contributed by atoms with E-state index >= 15 is 0 Å². The van der Waals surface area contributed by atoms with Gasteiger partial charge in [0.1, 0.15) is 5.82 Å². The van der Waals surface area contributed by atoms with Gasteiger partial charge in [-0.1, -0.05) is 6.92 Å². The van der Waals surface area contributed by atoms with E-state index in [9.17, 15) is 14.4 Å². The molecule has 0 aromatic carbocycles. The number of ether oxygens (including phenoxy) is 2. The first-order chi connectivity index (χ1) is 15.7. The average molecular weight is 460 g/mol. The lowest BCUT2D eigenvalue weighted by Gasteiger charge is -2.24. The predicted octanol–water partition coefficient (Wildman–Crippen LogP) is 0.486. The zero-order chi connectivity index (χ0) is 24.3. The van der Waals surface area contributed by atoms with Crippen molar-refractivity contribution in [3.05, 3.63) is 38.2 Å². The number of hydrogen-bond acceptors (Lipinski definition) is 8. The second-order valence-electron chi connectivity index (χ2n) is 7.68. The summed E-state index contributed by atoms with van der Waals surface area (Å²) in [7, 11) is 3.22. The number of nitrogen functional groups attached to an aromatic ring is 1. The van der Waals surface area contributed by atoms with Gasteiger partial charge in [-0.15, -0.1) is 5.10 Å². The number of pyridine rings is 1. The van der Waals surface area contributed by atoms with Crippen LogP contribution < -0.4 is 26.6 Å². The zero-order valence-electron chi connectivity index (χ0n) is 19.5. The molecule has 0 fully saturated rings. The normalized spacial score (nSPS) is 11.2. The Bertz CT molecular complexity index is 1290. The third-order valence-electron chi connectivity index (χ3n) is 5.17. The van der Waals surface area contributed by atoms with Gasteiger partial charge in [-0.2, -0.15) is 0 Å². The van der Waals surface area contributed by atoms with E-state index < -0.39 is 23.8 Å². The number of amides is 1. The minimum absolute atomic E-state index is 0.0407. The minimum atomic E-state index is -0.756. The summed E-state index contributed by atoms with van der Waals surface area (Å²) in [6.45, 7) is 5.74. The lowest BCUT2D eigenvalue weighted by Crippen LogP contribution is -2.44. The molecule has 178 valence electrons. The Balaban J connectivity index is 1.95. The summed E-state index contributed by atoms with van der Waals surface area (Å²) in [5.41, 5.74) is 7.03. The second-order valence-corrected chi connectivity index (χ2v) is 7.68. The highest BCUT2D eigenvalue weighted by Crippen LogP contribution is 2.27. The molecule has 0 aliphatic carbocycles. The standard InChI is InChI=1S/C21H29N7O5/c1-6-7-28-17(22)16(19(30)24-21(28)31)27(8-9-32-5)14(29)11-33-20-15-12(2)10-13(3)23-18(15)26(4)25-20/h10H,6-9,11,22H2,1-5H3,(H,24,30,31). The van der Waals surface area contributed by atoms with E-state index in [0.717, 1.165) is 11.3 Å². The van der Waals surface area contributed by atoms with Gasteiger partial charge in [0.25, 0.3) is 11.5 Å². The van der Waals surface area contributed by atoms with Crippen LogP contribution in [0, 0.1) is 13.8 Å². The summed E-state index contributed by atoms with van der Waals surface area (Å²) in [5, 5.41) is 5.04. The molecule has 3 aromatic heterocycles. The van der Waals surface area contributed by atoms with Gasteiger partial charge < -0.3 is 15.2 Å². The monoisotopic (exact) mass is 459 g/mol. The maximum atomic E-state index is 13.2. The average Bonchev–Trinajstić information content (AvgIpc) is 3.07. The number of H-pyrrole nitrogens is 1. The van der Waals surface area contributed by atoms with Gasteiger partial charge in [-0.05, 0) is 31.9 Å². The molecule has 0 saturated carbocycles. The predicted molar refractivity (Wildman–Crippen MR) is 124 cm³/mol. The first-order valence-electron chi connectivity index (χ1n) is 10.5. The highest BCUT2D eigenvalue weighted by Gasteiger charge is 2.25. The van der Waals surface area contributed by atoms with Crippen LogP contribution in [0.3, 0.4) is 0 Å². The smallest absolute Gasteiger partial charge is 0.330 e. The molecule has 3 N–H and O–H groups in total. The van der Waals surface area contributed by atoms with Crippen LogP contribution in [0.2, 0.25) is 0 Å². The summed E-state index contributed by atoms with van der Waals surface area (Å²) >= 11 is 0. The molecule has 0 aliphatic heterocycles. The van der Waals surface area contributed by atoms with Crippen LogP contribution in [0.5, 0.6) is 5.88 Å². The third kappa shape index (κ3) is 4.75.